The fraction of sp³-hybridized carbons (Fsp3) is 0.667. The molecule has 0 saturated heterocycles. The summed E-state index contributed by atoms with van der Waals surface area (Å²) in [7, 11) is 1.13. The van der Waals surface area contributed by atoms with Gasteiger partial charge in [-0.1, -0.05) is 6.58 Å². The average molecular weight is 270 g/mol. The van der Waals surface area contributed by atoms with E-state index in [-0.39, 0.29) is 17.2 Å². The van der Waals surface area contributed by atoms with Crippen LogP contribution in [0.15, 0.2) is 12.2 Å². The number of hydroxylamine groups is 3. The van der Waals surface area contributed by atoms with E-state index in [1.165, 1.54) is 6.92 Å². The third-order valence-corrected chi connectivity index (χ3v) is 1.60. The van der Waals surface area contributed by atoms with E-state index in [2.05, 4.69) is 11.1 Å². The molecule has 102 valence electrons. The molecular weight excluding hydrogens is 249 g/mol. The number of quaternary nitrogens is 1. The lowest BCUT2D eigenvalue weighted by Crippen LogP contribution is -2.37. The van der Waals surface area contributed by atoms with Crippen molar-refractivity contribution in [1.29, 1.82) is 0 Å². The Kier molecular flexibility index (Phi) is 8.31. The zero-order valence-corrected chi connectivity index (χ0v) is 11.7. The third-order valence-electron chi connectivity index (χ3n) is 1.00. The van der Waals surface area contributed by atoms with Crippen molar-refractivity contribution >= 4 is 13.8 Å². The average Bonchev–Trinajstić information content (AvgIpc) is 1.98. The van der Waals surface area contributed by atoms with E-state index < -0.39 is 7.82 Å². The number of phosphoric ester groups is 1. The van der Waals surface area contributed by atoms with E-state index in [4.69, 9.17) is 14.6 Å². The normalized spacial score (nSPS) is 11.2. The van der Waals surface area contributed by atoms with Gasteiger partial charge in [0.2, 0.25) is 0 Å². The van der Waals surface area contributed by atoms with E-state index in [9.17, 15) is 9.36 Å². The third kappa shape index (κ3) is 17.9. The maximum Gasteiger partial charge on any atom is 0.469 e. The summed E-state index contributed by atoms with van der Waals surface area (Å²) in [5.41, 5.74) is 0.424. The number of rotatable bonds is 4. The van der Waals surface area contributed by atoms with E-state index >= 15 is 0 Å². The summed E-state index contributed by atoms with van der Waals surface area (Å²) in [4.78, 5) is 31.5. The molecule has 8 heteroatoms. The highest BCUT2D eigenvalue weighted by atomic mass is 31.2. The standard InChI is InChI=1S/C7H14NO2.C2H7O4P/c1-6(2)7(9)10-8(3,4)5;1-2-6-7(3,4)5/h1H2,2-5H3;2H2,1H3,(H2,3,4,5)/q+1;. The molecule has 0 heterocycles. The highest BCUT2D eigenvalue weighted by Crippen LogP contribution is 2.34. The van der Waals surface area contributed by atoms with Crippen molar-refractivity contribution in [2.75, 3.05) is 27.7 Å². The summed E-state index contributed by atoms with van der Waals surface area (Å²) in [6.45, 7) is 6.64. The van der Waals surface area contributed by atoms with Crippen LogP contribution in [0.2, 0.25) is 0 Å². The molecule has 0 aliphatic carbocycles. The molecular formula is C9H21NO6P+. The predicted octanol–water partition coefficient (Wildman–Crippen LogP) is 0.842. The van der Waals surface area contributed by atoms with Gasteiger partial charge < -0.3 is 9.79 Å². The number of carbonyl (C=O) groups excluding carboxylic acids is 1. The van der Waals surface area contributed by atoms with Gasteiger partial charge in [-0.05, 0) is 13.8 Å². The molecule has 0 atom stereocenters. The SMILES string of the molecule is C=C(C)C(=O)O[N+](C)(C)C.CCOP(=O)(O)O. The van der Waals surface area contributed by atoms with Gasteiger partial charge in [0.05, 0.1) is 6.61 Å². The smallest absolute Gasteiger partial charge is 0.303 e. The predicted molar refractivity (Wildman–Crippen MR) is 62.6 cm³/mol. The van der Waals surface area contributed by atoms with Gasteiger partial charge in [-0.15, -0.1) is 4.65 Å². The molecule has 0 aromatic rings. The summed E-state index contributed by atoms with van der Waals surface area (Å²) in [5.74, 6) is -0.354. The van der Waals surface area contributed by atoms with Crippen molar-refractivity contribution in [1.82, 2.24) is 0 Å². The lowest BCUT2D eigenvalue weighted by Gasteiger charge is -2.19. The lowest BCUT2D eigenvalue weighted by atomic mass is 10.4. The number of phosphoric acid groups is 1. The summed E-state index contributed by atoms with van der Waals surface area (Å²) in [6.07, 6.45) is 0. The van der Waals surface area contributed by atoms with Crippen LogP contribution >= 0.6 is 7.82 Å². The minimum atomic E-state index is -4.17. The Labute approximate surface area is 101 Å². The van der Waals surface area contributed by atoms with Gasteiger partial charge in [0, 0.05) is 5.57 Å². The number of carbonyl (C=O) groups is 1. The van der Waals surface area contributed by atoms with E-state index in [0.717, 1.165) is 0 Å². The van der Waals surface area contributed by atoms with Crippen LogP contribution in [0.1, 0.15) is 13.8 Å². The van der Waals surface area contributed by atoms with Gasteiger partial charge in [-0.3, -0.25) is 9.36 Å². The monoisotopic (exact) mass is 270 g/mol. The van der Waals surface area contributed by atoms with Gasteiger partial charge in [0.1, 0.15) is 21.1 Å². The number of hydrogen-bond acceptors (Lipinski definition) is 4. The number of hydrogen-bond donors (Lipinski definition) is 2. The van der Waals surface area contributed by atoms with Crippen molar-refractivity contribution in [3.8, 4) is 0 Å². The molecule has 0 bridgehead atoms. The second kappa shape index (κ2) is 7.58. The van der Waals surface area contributed by atoms with Crippen molar-refractivity contribution in [2.45, 2.75) is 13.8 Å². The Hall–Kier alpha value is -0.720. The fourth-order valence-corrected chi connectivity index (χ4v) is 0.831. The van der Waals surface area contributed by atoms with Crippen LogP contribution in [0.25, 0.3) is 0 Å². The Morgan fingerprint density at radius 2 is 1.76 bits per heavy atom. The molecule has 0 amide bonds. The van der Waals surface area contributed by atoms with Gasteiger partial charge in [0.15, 0.2) is 0 Å². The molecule has 0 aromatic heterocycles. The zero-order chi connectivity index (χ0) is 14.3. The Balaban J connectivity index is 0. The molecule has 0 rings (SSSR count). The topological polar surface area (TPSA) is 93.1 Å². The molecule has 0 aliphatic rings. The maximum atomic E-state index is 10.8. The van der Waals surface area contributed by atoms with E-state index in [1.54, 1.807) is 28.1 Å². The molecule has 0 aliphatic heterocycles. The molecule has 0 saturated carbocycles. The Bertz CT molecular complexity index is 303. The van der Waals surface area contributed by atoms with Crippen LogP contribution in [0.5, 0.6) is 0 Å². The first kappa shape index (κ1) is 18.6. The summed E-state index contributed by atoms with van der Waals surface area (Å²) < 4.78 is 13.8. The second-order valence-electron chi connectivity index (χ2n) is 3.96. The largest absolute Gasteiger partial charge is 0.469 e. The highest BCUT2D eigenvalue weighted by molar-refractivity contribution is 7.46. The van der Waals surface area contributed by atoms with Gasteiger partial charge in [0.25, 0.3) is 0 Å². The van der Waals surface area contributed by atoms with Crippen LogP contribution in [0.3, 0.4) is 0 Å². The van der Waals surface area contributed by atoms with Crippen molar-refractivity contribution in [3.63, 3.8) is 0 Å². The van der Waals surface area contributed by atoms with Crippen LogP contribution in [-0.2, 0) is 18.7 Å². The van der Waals surface area contributed by atoms with Gasteiger partial charge in [-0.25, -0.2) is 9.36 Å². The number of nitrogens with zero attached hydrogens (tertiary/aromatic N) is 1. The quantitative estimate of drug-likeness (QED) is 0.340. The van der Waals surface area contributed by atoms with Crippen molar-refractivity contribution in [2.24, 2.45) is 0 Å². The molecule has 0 fully saturated rings. The minimum absolute atomic E-state index is 0.0459. The molecule has 0 radical (unpaired) electrons. The molecule has 0 unspecified atom stereocenters. The van der Waals surface area contributed by atoms with Crippen LogP contribution in [-0.4, -0.2) is 48.2 Å². The lowest BCUT2D eigenvalue weighted by molar-refractivity contribution is -1.04. The maximum absolute atomic E-state index is 10.8. The van der Waals surface area contributed by atoms with E-state index in [1.807, 2.05) is 0 Å². The summed E-state index contributed by atoms with van der Waals surface area (Å²) in [5, 5.41) is 0. The highest BCUT2D eigenvalue weighted by Gasteiger charge is 2.15. The van der Waals surface area contributed by atoms with E-state index in [0.29, 0.717) is 5.57 Å². The molecule has 0 spiro atoms. The van der Waals surface area contributed by atoms with Gasteiger partial charge >= 0.3 is 13.8 Å². The van der Waals surface area contributed by atoms with Crippen molar-refractivity contribution < 1.29 is 33.2 Å². The second-order valence-corrected chi connectivity index (χ2v) is 5.20. The summed E-state index contributed by atoms with van der Waals surface area (Å²) >= 11 is 0. The molecule has 2 N–H and O–H groups in total. The molecule has 0 aromatic carbocycles. The zero-order valence-electron chi connectivity index (χ0n) is 10.8. The first-order valence-corrected chi connectivity index (χ1v) is 6.33. The van der Waals surface area contributed by atoms with Gasteiger partial charge in [-0.2, -0.15) is 0 Å². The molecule has 7 nitrogen and oxygen atoms in total. The Morgan fingerprint density at radius 1 is 1.35 bits per heavy atom. The van der Waals surface area contributed by atoms with Crippen LogP contribution in [0, 0.1) is 0 Å². The van der Waals surface area contributed by atoms with Crippen molar-refractivity contribution in [3.05, 3.63) is 12.2 Å². The first-order chi connectivity index (χ1) is 7.39. The Morgan fingerprint density at radius 3 is 1.82 bits per heavy atom. The van der Waals surface area contributed by atoms with Crippen LogP contribution in [0.4, 0.5) is 0 Å². The summed E-state index contributed by atoms with van der Waals surface area (Å²) in [6, 6.07) is 0. The molecule has 17 heavy (non-hydrogen) atoms. The fourth-order valence-electron chi connectivity index (χ4n) is 0.495. The van der Waals surface area contributed by atoms with Crippen LogP contribution < -0.4 is 0 Å². The minimum Gasteiger partial charge on any atom is -0.303 e. The first-order valence-electron chi connectivity index (χ1n) is 4.80.